The van der Waals surface area contributed by atoms with Crippen LogP contribution in [0.4, 0.5) is 0 Å². The zero-order valence-corrected chi connectivity index (χ0v) is 8.35. The van der Waals surface area contributed by atoms with E-state index >= 15 is 0 Å². The lowest BCUT2D eigenvalue weighted by Crippen LogP contribution is -2.12. The predicted molar refractivity (Wildman–Crippen MR) is 56.6 cm³/mol. The molecule has 14 heavy (non-hydrogen) atoms. The van der Waals surface area contributed by atoms with Crippen molar-refractivity contribution in [2.24, 2.45) is 5.73 Å². The average molecular weight is 209 g/mol. The molecule has 1 heterocycles. The van der Waals surface area contributed by atoms with Crippen LogP contribution in [-0.2, 0) is 0 Å². The number of H-pyrrole nitrogens is 1. The second-order valence-electron chi connectivity index (χ2n) is 3.15. The molecule has 0 saturated heterocycles. The number of nitrogens with two attached hydrogens (primary N) is 1. The van der Waals surface area contributed by atoms with E-state index in [2.05, 4.69) is 4.98 Å². The molecule has 0 spiro atoms. The van der Waals surface area contributed by atoms with Crippen LogP contribution in [-0.4, -0.2) is 10.9 Å². The van der Waals surface area contributed by atoms with Crippen LogP contribution in [0, 0.1) is 6.92 Å². The van der Waals surface area contributed by atoms with Crippen LogP contribution in [0.15, 0.2) is 18.2 Å². The minimum atomic E-state index is -0.463. The molecule has 1 amide bonds. The topological polar surface area (TPSA) is 58.9 Å². The summed E-state index contributed by atoms with van der Waals surface area (Å²) >= 11 is 5.96. The van der Waals surface area contributed by atoms with E-state index in [4.69, 9.17) is 17.3 Å². The van der Waals surface area contributed by atoms with Gasteiger partial charge in [-0.2, -0.15) is 0 Å². The van der Waals surface area contributed by atoms with Crippen molar-refractivity contribution in [1.82, 2.24) is 4.98 Å². The molecule has 72 valence electrons. The van der Waals surface area contributed by atoms with Gasteiger partial charge in [-0.25, -0.2) is 0 Å². The van der Waals surface area contributed by atoms with Gasteiger partial charge in [0, 0.05) is 5.39 Å². The number of rotatable bonds is 1. The minimum Gasteiger partial charge on any atom is -0.364 e. The summed E-state index contributed by atoms with van der Waals surface area (Å²) in [6.07, 6.45) is 0. The fraction of sp³-hybridized carbons (Fsp3) is 0.100. The molecular weight excluding hydrogens is 200 g/mol. The number of nitrogens with one attached hydrogen (secondary N) is 1. The Morgan fingerprint density at radius 2 is 2.21 bits per heavy atom. The third-order valence-corrected chi connectivity index (χ3v) is 2.60. The summed E-state index contributed by atoms with van der Waals surface area (Å²) < 4.78 is 0. The molecule has 1 aromatic carbocycles. The van der Waals surface area contributed by atoms with E-state index < -0.39 is 5.91 Å². The smallest absolute Gasteiger partial charge is 0.265 e. The van der Waals surface area contributed by atoms with Crippen molar-refractivity contribution >= 4 is 28.4 Å². The van der Waals surface area contributed by atoms with Crippen molar-refractivity contribution in [2.45, 2.75) is 6.92 Å². The number of carbonyl (C=O) groups excluding carboxylic acids is 1. The van der Waals surface area contributed by atoms with E-state index in [9.17, 15) is 4.79 Å². The Morgan fingerprint density at radius 1 is 1.50 bits per heavy atom. The van der Waals surface area contributed by atoms with Crippen molar-refractivity contribution in [3.8, 4) is 0 Å². The van der Waals surface area contributed by atoms with Gasteiger partial charge >= 0.3 is 0 Å². The summed E-state index contributed by atoms with van der Waals surface area (Å²) in [5.41, 5.74) is 7.25. The van der Waals surface area contributed by atoms with Gasteiger partial charge in [-0.1, -0.05) is 23.7 Å². The van der Waals surface area contributed by atoms with Crippen molar-refractivity contribution < 1.29 is 4.79 Å². The van der Waals surface area contributed by atoms with Gasteiger partial charge in [-0.15, -0.1) is 0 Å². The summed E-state index contributed by atoms with van der Waals surface area (Å²) in [5, 5.41) is 1.53. The molecular formula is C10H9ClN2O. The fourth-order valence-electron chi connectivity index (χ4n) is 1.56. The molecule has 2 rings (SSSR count). The first-order valence-corrected chi connectivity index (χ1v) is 4.55. The van der Waals surface area contributed by atoms with Gasteiger partial charge in [0.2, 0.25) is 0 Å². The maximum Gasteiger partial charge on any atom is 0.265 e. The number of aryl methyl sites for hydroxylation is 1. The number of amides is 1. The number of para-hydroxylation sites is 1. The van der Waals surface area contributed by atoms with Gasteiger partial charge in [-0.3, -0.25) is 4.79 Å². The van der Waals surface area contributed by atoms with Crippen LogP contribution < -0.4 is 5.73 Å². The van der Waals surface area contributed by atoms with Gasteiger partial charge in [0.15, 0.2) is 0 Å². The number of halogens is 1. The standard InChI is InChI=1S/C10H9ClN2O/c1-5-6-3-2-4-7(11)9(6)13-8(5)10(12)14/h2-4,13H,1H3,(H2,12,14). The molecule has 3 N–H and O–H groups in total. The summed E-state index contributed by atoms with van der Waals surface area (Å²) in [7, 11) is 0. The van der Waals surface area contributed by atoms with E-state index in [1.165, 1.54) is 0 Å². The Bertz CT molecular complexity index is 516. The van der Waals surface area contributed by atoms with Gasteiger partial charge in [0.05, 0.1) is 10.5 Å². The molecule has 0 bridgehead atoms. The van der Waals surface area contributed by atoms with E-state index in [1.54, 1.807) is 6.07 Å². The number of hydrogen-bond donors (Lipinski definition) is 2. The molecule has 0 fully saturated rings. The SMILES string of the molecule is Cc1c(C(N)=O)[nH]c2c(Cl)cccc12. The van der Waals surface area contributed by atoms with E-state index in [-0.39, 0.29) is 0 Å². The highest BCUT2D eigenvalue weighted by Crippen LogP contribution is 2.27. The monoisotopic (exact) mass is 208 g/mol. The zero-order valence-electron chi connectivity index (χ0n) is 7.60. The molecule has 0 saturated carbocycles. The molecule has 3 nitrogen and oxygen atoms in total. The van der Waals surface area contributed by atoms with Crippen molar-refractivity contribution in [2.75, 3.05) is 0 Å². The Hall–Kier alpha value is -1.48. The molecule has 4 heteroatoms. The van der Waals surface area contributed by atoms with E-state index in [0.717, 1.165) is 16.5 Å². The third kappa shape index (κ3) is 1.17. The van der Waals surface area contributed by atoms with Gasteiger partial charge in [-0.05, 0) is 18.6 Å². The molecule has 0 aliphatic heterocycles. The number of carbonyl (C=O) groups is 1. The third-order valence-electron chi connectivity index (χ3n) is 2.29. The molecule has 0 unspecified atom stereocenters. The molecule has 1 aromatic heterocycles. The number of aromatic amines is 1. The minimum absolute atomic E-state index is 0.424. The number of fused-ring (bicyclic) bond motifs is 1. The first kappa shape index (κ1) is 9.09. The molecule has 0 atom stereocenters. The molecule has 2 aromatic rings. The maximum absolute atomic E-state index is 11.1. The molecule has 0 radical (unpaired) electrons. The van der Waals surface area contributed by atoms with Crippen LogP contribution in [0.5, 0.6) is 0 Å². The maximum atomic E-state index is 11.1. The lowest BCUT2D eigenvalue weighted by Gasteiger charge is -1.92. The van der Waals surface area contributed by atoms with Gasteiger partial charge in [0.25, 0.3) is 5.91 Å². The highest BCUT2D eigenvalue weighted by atomic mass is 35.5. The van der Waals surface area contributed by atoms with Crippen molar-refractivity contribution in [3.63, 3.8) is 0 Å². The van der Waals surface area contributed by atoms with Crippen molar-refractivity contribution in [3.05, 3.63) is 34.5 Å². The van der Waals surface area contributed by atoms with E-state index in [1.807, 2.05) is 19.1 Å². The Morgan fingerprint density at radius 3 is 2.79 bits per heavy atom. The highest BCUT2D eigenvalue weighted by Gasteiger charge is 2.12. The first-order valence-electron chi connectivity index (χ1n) is 4.18. The van der Waals surface area contributed by atoms with Gasteiger partial charge < -0.3 is 10.7 Å². The van der Waals surface area contributed by atoms with Gasteiger partial charge in [0.1, 0.15) is 5.69 Å². The zero-order chi connectivity index (χ0) is 10.3. The molecule has 0 aliphatic carbocycles. The average Bonchev–Trinajstić information content (AvgIpc) is 2.46. The van der Waals surface area contributed by atoms with Crippen LogP contribution in [0.2, 0.25) is 5.02 Å². The predicted octanol–water partition coefficient (Wildman–Crippen LogP) is 2.23. The Kier molecular flexibility index (Phi) is 1.97. The highest BCUT2D eigenvalue weighted by molar-refractivity contribution is 6.35. The van der Waals surface area contributed by atoms with Crippen LogP contribution in [0.3, 0.4) is 0 Å². The quantitative estimate of drug-likeness (QED) is 0.742. The summed E-state index contributed by atoms with van der Waals surface area (Å²) in [5.74, 6) is -0.463. The number of hydrogen-bond acceptors (Lipinski definition) is 1. The number of benzene rings is 1. The normalized spacial score (nSPS) is 10.7. The summed E-state index contributed by atoms with van der Waals surface area (Å²) in [6.45, 7) is 1.84. The van der Waals surface area contributed by atoms with E-state index in [0.29, 0.717) is 10.7 Å². The van der Waals surface area contributed by atoms with Crippen molar-refractivity contribution in [1.29, 1.82) is 0 Å². The second kappa shape index (κ2) is 3.03. The Balaban J connectivity index is 2.86. The summed E-state index contributed by atoms with van der Waals surface area (Å²) in [4.78, 5) is 14.0. The second-order valence-corrected chi connectivity index (χ2v) is 3.56. The lowest BCUT2D eigenvalue weighted by atomic mass is 10.1. The number of aromatic nitrogens is 1. The fourth-order valence-corrected chi connectivity index (χ4v) is 1.79. The Labute approximate surface area is 85.9 Å². The summed E-state index contributed by atoms with van der Waals surface area (Å²) in [6, 6.07) is 5.51. The van der Waals surface area contributed by atoms with Crippen LogP contribution >= 0.6 is 11.6 Å². The lowest BCUT2D eigenvalue weighted by molar-refractivity contribution is 0.0996. The molecule has 0 aliphatic rings. The largest absolute Gasteiger partial charge is 0.364 e. The first-order chi connectivity index (χ1) is 6.61. The number of primary amides is 1. The van der Waals surface area contributed by atoms with Crippen LogP contribution in [0.1, 0.15) is 16.1 Å². The van der Waals surface area contributed by atoms with Crippen LogP contribution in [0.25, 0.3) is 10.9 Å².